The van der Waals surface area contributed by atoms with Crippen LogP contribution in [0.4, 0.5) is 0 Å². The van der Waals surface area contributed by atoms with E-state index in [0.717, 1.165) is 11.8 Å². The van der Waals surface area contributed by atoms with Crippen LogP contribution in [-0.2, 0) is 0 Å². The van der Waals surface area contributed by atoms with Gasteiger partial charge in [0.25, 0.3) is 0 Å². The van der Waals surface area contributed by atoms with E-state index in [2.05, 4.69) is 40.7 Å². The van der Waals surface area contributed by atoms with E-state index in [4.69, 9.17) is 0 Å². The SMILES string of the molecule is CC=C(CCCC)C(C)C(C)CCC. The van der Waals surface area contributed by atoms with E-state index in [1.54, 1.807) is 5.57 Å². The predicted molar refractivity (Wildman–Crippen MR) is 66.5 cm³/mol. The van der Waals surface area contributed by atoms with E-state index in [1.807, 2.05) is 0 Å². The van der Waals surface area contributed by atoms with Crippen molar-refractivity contribution in [3.05, 3.63) is 11.6 Å². The molecule has 0 aliphatic carbocycles. The molecule has 84 valence electrons. The van der Waals surface area contributed by atoms with Crippen LogP contribution in [0.15, 0.2) is 11.6 Å². The fourth-order valence-corrected chi connectivity index (χ4v) is 2.09. The van der Waals surface area contributed by atoms with Gasteiger partial charge in [0.15, 0.2) is 0 Å². The fraction of sp³-hybridized carbons (Fsp3) is 0.857. The van der Waals surface area contributed by atoms with Gasteiger partial charge >= 0.3 is 0 Å². The van der Waals surface area contributed by atoms with Crippen molar-refractivity contribution in [2.24, 2.45) is 11.8 Å². The summed E-state index contributed by atoms with van der Waals surface area (Å²) in [6.07, 6.45) is 8.99. The molecule has 0 saturated heterocycles. The minimum atomic E-state index is 0.784. The molecule has 0 spiro atoms. The Balaban J connectivity index is 4.09. The molecule has 0 aromatic carbocycles. The molecule has 0 aliphatic rings. The second-order valence-corrected chi connectivity index (χ2v) is 4.52. The minimum Gasteiger partial charge on any atom is -0.0882 e. The summed E-state index contributed by atoms with van der Waals surface area (Å²) in [4.78, 5) is 0. The third kappa shape index (κ3) is 4.83. The fourth-order valence-electron chi connectivity index (χ4n) is 2.09. The highest BCUT2D eigenvalue weighted by Gasteiger charge is 2.14. The van der Waals surface area contributed by atoms with Crippen LogP contribution in [0.2, 0.25) is 0 Å². The molecule has 2 atom stereocenters. The zero-order chi connectivity index (χ0) is 11.0. The maximum absolute atomic E-state index is 2.39. The zero-order valence-corrected chi connectivity index (χ0v) is 10.8. The Labute approximate surface area is 90.8 Å². The standard InChI is InChI=1S/C14H28/c1-6-9-11-14(8-3)13(5)12(4)10-7-2/h8,12-13H,6-7,9-11H2,1-5H3. The van der Waals surface area contributed by atoms with Gasteiger partial charge in [0.05, 0.1) is 0 Å². The van der Waals surface area contributed by atoms with E-state index < -0.39 is 0 Å². The van der Waals surface area contributed by atoms with Gasteiger partial charge in [-0.25, -0.2) is 0 Å². The summed E-state index contributed by atoms with van der Waals surface area (Å²) in [6.45, 7) is 11.5. The van der Waals surface area contributed by atoms with E-state index in [1.165, 1.54) is 32.1 Å². The molecule has 0 aliphatic heterocycles. The Kier molecular flexibility index (Phi) is 7.93. The Hall–Kier alpha value is -0.260. The third-order valence-electron chi connectivity index (χ3n) is 3.37. The Morgan fingerprint density at radius 2 is 1.79 bits per heavy atom. The second-order valence-electron chi connectivity index (χ2n) is 4.52. The molecule has 14 heavy (non-hydrogen) atoms. The van der Waals surface area contributed by atoms with Crippen LogP contribution in [-0.4, -0.2) is 0 Å². The summed E-state index contributed by atoms with van der Waals surface area (Å²) in [6, 6.07) is 0. The highest BCUT2D eigenvalue weighted by molar-refractivity contribution is 5.05. The predicted octanol–water partition coefficient (Wildman–Crippen LogP) is 5.20. The molecule has 0 saturated carbocycles. The molecule has 0 amide bonds. The lowest BCUT2D eigenvalue weighted by molar-refractivity contribution is 0.396. The molecule has 2 unspecified atom stereocenters. The van der Waals surface area contributed by atoms with Crippen molar-refractivity contribution in [1.29, 1.82) is 0 Å². The smallest absolute Gasteiger partial charge is 0.0206 e. The van der Waals surface area contributed by atoms with Crippen LogP contribution < -0.4 is 0 Å². The average molecular weight is 196 g/mol. The van der Waals surface area contributed by atoms with Crippen LogP contribution in [0.5, 0.6) is 0 Å². The first-order valence-electron chi connectivity index (χ1n) is 6.32. The summed E-state index contributed by atoms with van der Waals surface area (Å²) in [5.74, 6) is 1.63. The molecule has 0 nitrogen and oxygen atoms in total. The van der Waals surface area contributed by atoms with Gasteiger partial charge in [-0.2, -0.15) is 0 Å². The second kappa shape index (κ2) is 8.08. The maximum Gasteiger partial charge on any atom is -0.0206 e. The largest absolute Gasteiger partial charge is 0.0882 e. The van der Waals surface area contributed by atoms with Gasteiger partial charge in [-0.15, -0.1) is 0 Å². The zero-order valence-electron chi connectivity index (χ0n) is 10.8. The topological polar surface area (TPSA) is 0 Å². The first kappa shape index (κ1) is 13.7. The van der Waals surface area contributed by atoms with Gasteiger partial charge in [0.2, 0.25) is 0 Å². The molecule has 0 radical (unpaired) electrons. The molecule has 0 aromatic rings. The quantitative estimate of drug-likeness (QED) is 0.491. The van der Waals surface area contributed by atoms with Crippen molar-refractivity contribution >= 4 is 0 Å². The molecule has 0 aromatic heterocycles. The Morgan fingerprint density at radius 1 is 1.14 bits per heavy atom. The number of rotatable bonds is 7. The highest BCUT2D eigenvalue weighted by Crippen LogP contribution is 2.27. The van der Waals surface area contributed by atoms with Crippen molar-refractivity contribution in [2.75, 3.05) is 0 Å². The van der Waals surface area contributed by atoms with Crippen molar-refractivity contribution in [2.45, 2.75) is 66.7 Å². The van der Waals surface area contributed by atoms with Crippen LogP contribution in [0.25, 0.3) is 0 Å². The first-order chi connectivity index (χ1) is 6.67. The molecule has 0 heteroatoms. The van der Waals surface area contributed by atoms with E-state index in [9.17, 15) is 0 Å². The summed E-state index contributed by atoms with van der Waals surface area (Å²) in [7, 11) is 0. The van der Waals surface area contributed by atoms with Crippen LogP contribution in [0.1, 0.15) is 66.7 Å². The van der Waals surface area contributed by atoms with Gasteiger partial charge < -0.3 is 0 Å². The first-order valence-corrected chi connectivity index (χ1v) is 6.32. The summed E-state index contributed by atoms with van der Waals surface area (Å²) < 4.78 is 0. The lowest BCUT2D eigenvalue weighted by atomic mass is 9.83. The number of unbranched alkanes of at least 4 members (excludes halogenated alkanes) is 1. The average Bonchev–Trinajstić information content (AvgIpc) is 2.19. The lowest BCUT2D eigenvalue weighted by Gasteiger charge is -2.22. The van der Waals surface area contributed by atoms with Gasteiger partial charge in [0.1, 0.15) is 0 Å². The number of allylic oxidation sites excluding steroid dienone is 2. The van der Waals surface area contributed by atoms with Gasteiger partial charge in [-0.3, -0.25) is 0 Å². The van der Waals surface area contributed by atoms with Gasteiger partial charge in [0, 0.05) is 0 Å². The normalized spacial score (nSPS) is 16.8. The Morgan fingerprint density at radius 3 is 2.21 bits per heavy atom. The molecule has 0 heterocycles. The summed E-state index contributed by atoms with van der Waals surface area (Å²) in [5.41, 5.74) is 1.67. The van der Waals surface area contributed by atoms with E-state index in [0.29, 0.717) is 0 Å². The Bertz CT molecular complexity index is 155. The van der Waals surface area contributed by atoms with Crippen LogP contribution >= 0.6 is 0 Å². The van der Waals surface area contributed by atoms with Crippen molar-refractivity contribution in [3.63, 3.8) is 0 Å². The maximum atomic E-state index is 2.39. The number of hydrogen-bond donors (Lipinski definition) is 0. The van der Waals surface area contributed by atoms with Gasteiger partial charge in [-0.1, -0.05) is 58.6 Å². The van der Waals surface area contributed by atoms with Crippen LogP contribution in [0.3, 0.4) is 0 Å². The summed E-state index contributed by atoms with van der Waals surface area (Å²) >= 11 is 0. The molecule has 0 bridgehead atoms. The monoisotopic (exact) mass is 196 g/mol. The van der Waals surface area contributed by atoms with Crippen LogP contribution in [0, 0.1) is 11.8 Å². The summed E-state index contributed by atoms with van der Waals surface area (Å²) in [5, 5.41) is 0. The molecule has 0 fully saturated rings. The van der Waals surface area contributed by atoms with Crippen molar-refractivity contribution < 1.29 is 0 Å². The molecular weight excluding hydrogens is 168 g/mol. The molecular formula is C14H28. The molecule has 0 N–H and O–H groups in total. The van der Waals surface area contributed by atoms with E-state index >= 15 is 0 Å². The van der Waals surface area contributed by atoms with Crippen molar-refractivity contribution in [1.82, 2.24) is 0 Å². The number of hydrogen-bond acceptors (Lipinski definition) is 0. The minimum absolute atomic E-state index is 0.784. The molecule has 0 rings (SSSR count). The highest BCUT2D eigenvalue weighted by atomic mass is 14.2. The lowest BCUT2D eigenvalue weighted by Crippen LogP contribution is -2.10. The van der Waals surface area contributed by atoms with Gasteiger partial charge in [-0.05, 0) is 31.6 Å². The van der Waals surface area contributed by atoms with Crippen molar-refractivity contribution in [3.8, 4) is 0 Å². The van der Waals surface area contributed by atoms with E-state index in [-0.39, 0.29) is 0 Å². The third-order valence-corrected chi connectivity index (χ3v) is 3.37.